The second-order valence-corrected chi connectivity index (χ2v) is 9.74. The third-order valence-corrected chi connectivity index (χ3v) is 7.14. The zero-order chi connectivity index (χ0) is 28.3. The Kier molecular flexibility index (Phi) is 8.18. The molecule has 0 aliphatic heterocycles. The van der Waals surface area contributed by atoms with Crippen molar-refractivity contribution in [2.45, 2.75) is 65.5 Å². The van der Waals surface area contributed by atoms with Crippen molar-refractivity contribution in [1.29, 1.82) is 0 Å². The Bertz CT molecular complexity index is 1600. The normalized spacial score (nSPS) is 12.8. The monoisotopic (exact) mass is 532 g/mol. The minimum atomic E-state index is -1.16. The Hall–Kier alpha value is -4.40. The van der Waals surface area contributed by atoms with Gasteiger partial charge in [-0.25, -0.2) is 9.59 Å². The Labute approximate surface area is 225 Å². The standard InChI is InChI=1S/C30H32N2O7/c1-5-23(28(34)32-24(29(35)36)13-19-9-7-6-8-10-19)31-27(33)12-11-20-17(3)22-14-21-16(2)18(4)38-25(21)15-26(22)39-30(20)37/h6-10,14-15,23-24H,5,11-13H2,1-4H3,(H,31,33)(H,32,34)(H,35,36)/t23-,24+/m0/s1. The number of fused-ring (bicyclic) bond motifs is 2. The molecule has 9 nitrogen and oxygen atoms in total. The fraction of sp³-hybridized carbons (Fsp3) is 0.333. The zero-order valence-corrected chi connectivity index (χ0v) is 22.4. The van der Waals surface area contributed by atoms with Crippen LogP contribution in [0.15, 0.2) is 56.1 Å². The summed E-state index contributed by atoms with van der Waals surface area (Å²) in [5.74, 6) is -1.38. The van der Waals surface area contributed by atoms with Crippen LogP contribution in [-0.4, -0.2) is 35.0 Å². The summed E-state index contributed by atoms with van der Waals surface area (Å²) in [5, 5.41) is 16.5. The lowest BCUT2D eigenvalue weighted by Crippen LogP contribution is -2.52. The molecule has 9 heteroatoms. The summed E-state index contributed by atoms with van der Waals surface area (Å²) in [5.41, 5.74) is 3.43. The van der Waals surface area contributed by atoms with E-state index in [4.69, 9.17) is 8.83 Å². The molecular formula is C30H32N2O7. The molecule has 2 aromatic carbocycles. The molecule has 0 radical (unpaired) electrons. The molecule has 0 bridgehead atoms. The number of hydrogen-bond donors (Lipinski definition) is 3. The van der Waals surface area contributed by atoms with Crippen molar-refractivity contribution < 1.29 is 28.3 Å². The smallest absolute Gasteiger partial charge is 0.339 e. The lowest BCUT2D eigenvalue weighted by atomic mass is 10.00. The topological polar surface area (TPSA) is 139 Å². The molecule has 3 N–H and O–H groups in total. The molecule has 39 heavy (non-hydrogen) atoms. The van der Waals surface area contributed by atoms with E-state index in [-0.39, 0.29) is 25.7 Å². The Balaban J connectivity index is 1.44. The van der Waals surface area contributed by atoms with E-state index in [1.165, 1.54) is 0 Å². The number of benzene rings is 2. The average molecular weight is 533 g/mol. The molecule has 0 aliphatic carbocycles. The highest BCUT2D eigenvalue weighted by Crippen LogP contribution is 2.31. The van der Waals surface area contributed by atoms with Crippen LogP contribution in [0.25, 0.3) is 21.9 Å². The van der Waals surface area contributed by atoms with E-state index < -0.39 is 35.5 Å². The van der Waals surface area contributed by atoms with Gasteiger partial charge in [0, 0.05) is 35.2 Å². The van der Waals surface area contributed by atoms with Crippen molar-refractivity contribution in [3.05, 3.63) is 80.9 Å². The van der Waals surface area contributed by atoms with Crippen LogP contribution in [0.3, 0.4) is 0 Å². The van der Waals surface area contributed by atoms with E-state index in [0.29, 0.717) is 16.7 Å². The zero-order valence-electron chi connectivity index (χ0n) is 22.4. The number of carboxylic acids is 1. The minimum absolute atomic E-state index is 0.0423. The van der Waals surface area contributed by atoms with Crippen LogP contribution in [0.4, 0.5) is 0 Å². The van der Waals surface area contributed by atoms with Crippen LogP contribution in [-0.2, 0) is 27.2 Å². The van der Waals surface area contributed by atoms with Crippen molar-refractivity contribution in [1.82, 2.24) is 10.6 Å². The highest BCUT2D eigenvalue weighted by molar-refractivity contribution is 5.97. The molecule has 204 valence electrons. The van der Waals surface area contributed by atoms with Crippen LogP contribution in [0.2, 0.25) is 0 Å². The number of nitrogens with one attached hydrogen (secondary N) is 2. The largest absolute Gasteiger partial charge is 0.480 e. The molecule has 2 aromatic heterocycles. The van der Waals surface area contributed by atoms with E-state index in [9.17, 15) is 24.3 Å². The highest BCUT2D eigenvalue weighted by Gasteiger charge is 2.26. The number of aliphatic carboxylic acids is 1. The van der Waals surface area contributed by atoms with E-state index in [1.54, 1.807) is 37.3 Å². The van der Waals surface area contributed by atoms with Crippen molar-refractivity contribution in [3.63, 3.8) is 0 Å². The molecule has 2 amide bonds. The molecular weight excluding hydrogens is 500 g/mol. The average Bonchev–Trinajstić information content (AvgIpc) is 3.18. The molecule has 4 rings (SSSR count). The Morgan fingerprint density at radius 2 is 1.56 bits per heavy atom. The molecule has 0 saturated carbocycles. The summed E-state index contributed by atoms with van der Waals surface area (Å²) in [6, 6.07) is 10.6. The van der Waals surface area contributed by atoms with Gasteiger partial charge >= 0.3 is 11.6 Å². The number of furan rings is 1. The molecule has 0 spiro atoms. The van der Waals surface area contributed by atoms with Crippen LogP contribution in [0, 0.1) is 20.8 Å². The van der Waals surface area contributed by atoms with Gasteiger partial charge in [0.2, 0.25) is 11.8 Å². The highest BCUT2D eigenvalue weighted by atomic mass is 16.4. The third kappa shape index (κ3) is 6.03. The molecule has 0 saturated heterocycles. The molecule has 0 aliphatic rings. The SMILES string of the molecule is CC[C@H](NC(=O)CCc1c(C)c2cc3c(C)c(C)oc3cc2oc1=O)C(=O)N[C@H](Cc1ccccc1)C(=O)O. The molecule has 2 heterocycles. The van der Waals surface area contributed by atoms with Crippen LogP contribution >= 0.6 is 0 Å². The lowest BCUT2D eigenvalue weighted by molar-refractivity contribution is -0.142. The fourth-order valence-corrected chi connectivity index (χ4v) is 4.69. The summed E-state index contributed by atoms with van der Waals surface area (Å²) in [6.07, 6.45) is 0.472. The third-order valence-electron chi connectivity index (χ3n) is 7.14. The number of rotatable bonds is 10. The predicted molar refractivity (Wildman–Crippen MR) is 147 cm³/mol. The van der Waals surface area contributed by atoms with Gasteiger partial charge in [-0.1, -0.05) is 37.3 Å². The van der Waals surface area contributed by atoms with Gasteiger partial charge in [0.05, 0.1) is 0 Å². The number of carbonyl (C=O) groups is 3. The maximum atomic E-state index is 12.8. The molecule has 4 aromatic rings. The Morgan fingerprint density at radius 1 is 0.897 bits per heavy atom. The first kappa shape index (κ1) is 27.6. The van der Waals surface area contributed by atoms with Gasteiger partial charge in [-0.05, 0) is 56.4 Å². The molecule has 2 atom stereocenters. The Morgan fingerprint density at radius 3 is 2.23 bits per heavy atom. The van der Waals surface area contributed by atoms with Crippen molar-refractivity contribution >= 4 is 39.7 Å². The van der Waals surface area contributed by atoms with Crippen LogP contribution in [0.1, 0.15) is 47.8 Å². The van der Waals surface area contributed by atoms with Gasteiger partial charge in [-0.15, -0.1) is 0 Å². The second-order valence-electron chi connectivity index (χ2n) is 9.74. The summed E-state index contributed by atoms with van der Waals surface area (Å²) in [4.78, 5) is 50.1. The number of carbonyl (C=O) groups excluding carboxylic acids is 2. The first-order valence-electron chi connectivity index (χ1n) is 12.9. The van der Waals surface area contributed by atoms with E-state index >= 15 is 0 Å². The quantitative estimate of drug-likeness (QED) is 0.261. The summed E-state index contributed by atoms with van der Waals surface area (Å²) in [6.45, 7) is 7.39. The van der Waals surface area contributed by atoms with Gasteiger partial charge in [-0.3, -0.25) is 9.59 Å². The van der Waals surface area contributed by atoms with Gasteiger partial charge in [0.1, 0.15) is 29.0 Å². The van der Waals surface area contributed by atoms with Crippen LogP contribution < -0.4 is 16.3 Å². The van der Waals surface area contributed by atoms with Gasteiger partial charge < -0.3 is 24.6 Å². The van der Waals surface area contributed by atoms with Gasteiger partial charge in [0.15, 0.2) is 0 Å². The summed E-state index contributed by atoms with van der Waals surface area (Å²) < 4.78 is 11.3. The van der Waals surface area contributed by atoms with Crippen molar-refractivity contribution in [3.8, 4) is 0 Å². The minimum Gasteiger partial charge on any atom is -0.480 e. The number of carboxylic acid groups (broad SMARTS) is 1. The number of aryl methyl sites for hydroxylation is 3. The van der Waals surface area contributed by atoms with E-state index in [2.05, 4.69) is 10.6 Å². The second kappa shape index (κ2) is 11.6. The fourth-order valence-electron chi connectivity index (χ4n) is 4.69. The van der Waals surface area contributed by atoms with E-state index in [1.807, 2.05) is 32.9 Å². The summed E-state index contributed by atoms with van der Waals surface area (Å²) >= 11 is 0. The number of hydrogen-bond acceptors (Lipinski definition) is 6. The maximum absolute atomic E-state index is 12.8. The summed E-state index contributed by atoms with van der Waals surface area (Å²) in [7, 11) is 0. The first-order chi connectivity index (χ1) is 18.6. The molecule has 0 fully saturated rings. The van der Waals surface area contributed by atoms with Crippen molar-refractivity contribution in [2.24, 2.45) is 0 Å². The maximum Gasteiger partial charge on any atom is 0.339 e. The first-order valence-corrected chi connectivity index (χ1v) is 12.9. The lowest BCUT2D eigenvalue weighted by Gasteiger charge is -2.20. The van der Waals surface area contributed by atoms with Gasteiger partial charge in [0.25, 0.3) is 0 Å². The van der Waals surface area contributed by atoms with Crippen LogP contribution in [0.5, 0.6) is 0 Å². The van der Waals surface area contributed by atoms with Gasteiger partial charge in [-0.2, -0.15) is 0 Å². The predicted octanol–water partition coefficient (Wildman–Crippen LogP) is 4.10. The molecule has 0 unspecified atom stereocenters. The van der Waals surface area contributed by atoms with Crippen molar-refractivity contribution in [2.75, 3.05) is 0 Å². The van der Waals surface area contributed by atoms with E-state index in [0.717, 1.165) is 33.2 Å². The number of amides is 2.